The summed E-state index contributed by atoms with van der Waals surface area (Å²) in [7, 11) is -8.22. The summed E-state index contributed by atoms with van der Waals surface area (Å²) in [6.45, 7) is 0. The van der Waals surface area contributed by atoms with Crippen molar-refractivity contribution in [2.45, 2.75) is 11.8 Å². The van der Waals surface area contributed by atoms with Gasteiger partial charge in [0, 0.05) is 6.26 Å². The Morgan fingerprint density at radius 1 is 1.08 bits per heavy atom. The van der Waals surface area contributed by atoms with Gasteiger partial charge in [0.25, 0.3) is 0 Å². The zero-order valence-corrected chi connectivity index (χ0v) is 16.4. The number of rotatable bonds is 7. The molecule has 148 valence electrons. The predicted octanol–water partition coefficient (Wildman–Crippen LogP) is 2.76. The van der Waals surface area contributed by atoms with E-state index in [9.17, 15) is 35.1 Å². The minimum atomic E-state index is -5.31. The summed E-state index contributed by atoms with van der Waals surface area (Å²) in [5, 5.41) is 10.1. The smallest absolute Gasteiger partial charge is 0.376 e. The summed E-state index contributed by atoms with van der Waals surface area (Å²) in [6.07, 6.45) is -3.42. The Morgan fingerprint density at radius 2 is 1.65 bits per heavy atom. The molecule has 1 rings (SSSR count). The number of sulfone groups is 2. The fourth-order valence-electron chi connectivity index (χ4n) is 1.76. The van der Waals surface area contributed by atoms with E-state index in [1.165, 1.54) is 18.2 Å². The van der Waals surface area contributed by atoms with Crippen LogP contribution in [0.4, 0.5) is 13.2 Å². The van der Waals surface area contributed by atoms with Crippen LogP contribution in [-0.4, -0.2) is 57.2 Å². The maximum Gasteiger partial charge on any atom is 0.421 e. The Hall–Kier alpha value is -0.810. The molecule has 0 aromatic heterocycles. The predicted molar refractivity (Wildman–Crippen MR) is 94.9 cm³/mol. The zero-order valence-electron chi connectivity index (χ0n) is 13.3. The normalized spacial score (nSPS) is 16.0. The molecule has 0 aliphatic rings. The van der Waals surface area contributed by atoms with Gasteiger partial charge in [-0.1, -0.05) is 35.3 Å². The van der Waals surface area contributed by atoms with E-state index in [1.807, 2.05) is 0 Å². The van der Waals surface area contributed by atoms with Crippen molar-refractivity contribution in [2.24, 2.45) is 0 Å². The molecule has 0 aliphatic heterocycles. The first-order chi connectivity index (χ1) is 11.5. The van der Waals surface area contributed by atoms with Crippen LogP contribution >= 0.6 is 23.2 Å². The highest BCUT2D eigenvalue weighted by Gasteiger charge is 2.54. The number of aliphatic hydroxyl groups is 1. The van der Waals surface area contributed by atoms with Gasteiger partial charge in [0.2, 0.25) is 0 Å². The molecule has 0 amide bonds. The Bertz CT molecular complexity index is 896. The molecule has 0 saturated heterocycles. The third-order valence-corrected chi connectivity index (χ3v) is 6.84. The van der Waals surface area contributed by atoms with Crippen molar-refractivity contribution in [3.8, 4) is 0 Å². The van der Waals surface area contributed by atoms with Crippen LogP contribution in [0.1, 0.15) is 5.56 Å². The Labute approximate surface area is 159 Å². The van der Waals surface area contributed by atoms with E-state index in [1.54, 1.807) is 0 Å². The fraction of sp³-hybridized carbons (Fsp3) is 0.429. The lowest BCUT2D eigenvalue weighted by atomic mass is 10.0. The van der Waals surface area contributed by atoms with E-state index in [0.29, 0.717) is 0 Å². The van der Waals surface area contributed by atoms with Crippen molar-refractivity contribution in [2.75, 3.05) is 23.5 Å². The minimum Gasteiger partial charge on any atom is -0.376 e. The lowest BCUT2D eigenvalue weighted by Crippen LogP contribution is -2.49. The first-order valence-electron chi connectivity index (χ1n) is 6.86. The minimum absolute atomic E-state index is 0.0603. The van der Waals surface area contributed by atoms with Crippen LogP contribution < -0.4 is 0 Å². The second kappa shape index (κ2) is 8.05. The lowest BCUT2D eigenvalue weighted by molar-refractivity contribution is -0.230. The Balaban J connectivity index is 3.15. The zero-order chi connectivity index (χ0) is 20.4. The van der Waals surface area contributed by atoms with E-state index in [0.717, 1.165) is 12.3 Å². The molecule has 1 aromatic rings. The molecular formula is C14H15Cl2F3O5S2. The summed E-state index contributed by atoms with van der Waals surface area (Å²) >= 11 is 11.4. The molecule has 0 bridgehead atoms. The van der Waals surface area contributed by atoms with Crippen molar-refractivity contribution in [3.05, 3.63) is 39.9 Å². The monoisotopic (exact) mass is 454 g/mol. The number of alkyl halides is 3. The molecule has 0 aliphatic carbocycles. The Morgan fingerprint density at radius 3 is 2.12 bits per heavy atom. The summed E-state index contributed by atoms with van der Waals surface area (Å²) in [4.78, 5) is 0. The maximum atomic E-state index is 13.2. The van der Waals surface area contributed by atoms with Crippen LogP contribution in [0, 0.1) is 0 Å². The van der Waals surface area contributed by atoms with E-state index in [2.05, 4.69) is 0 Å². The quantitative estimate of drug-likeness (QED) is 0.683. The standard InChI is InChI=1S/C14H15Cl2F3O5S2/c1-25(21,22)6-7-26(23,24)9-13(20,14(17,18)19)5-4-10-2-3-11(15)12(16)8-10/h2-5,8,20H,6-7,9H2,1H3. The molecule has 1 atom stereocenters. The molecule has 12 heteroatoms. The van der Waals surface area contributed by atoms with Crippen LogP contribution in [0.2, 0.25) is 10.0 Å². The summed E-state index contributed by atoms with van der Waals surface area (Å²) < 4.78 is 85.4. The van der Waals surface area contributed by atoms with Crippen molar-refractivity contribution in [1.29, 1.82) is 0 Å². The Kier molecular flexibility index (Phi) is 7.20. The topological polar surface area (TPSA) is 88.5 Å². The van der Waals surface area contributed by atoms with Gasteiger partial charge in [-0.05, 0) is 23.8 Å². The average Bonchev–Trinajstić information content (AvgIpc) is 2.44. The highest BCUT2D eigenvalue weighted by molar-refractivity contribution is 7.94. The van der Waals surface area contributed by atoms with Crippen LogP contribution in [0.5, 0.6) is 0 Å². The van der Waals surface area contributed by atoms with Crippen molar-refractivity contribution < 1.29 is 35.1 Å². The van der Waals surface area contributed by atoms with Crippen LogP contribution in [0.3, 0.4) is 0 Å². The molecule has 5 nitrogen and oxygen atoms in total. The summed E-state index contributed by atoms with van der Waals surface area (Å²) in [5.74, 6) is -3.60. The summed E-state index contributed by atoms with van der Waals surface area (Å²) in [5.41, 5.74) is -3.55. The molecule has 26 heavy (non-hydrogen) atoms. The highest BCUT2D eigenvalue weighted by atomic mass is 35.5. The van der Waals surface area contributed by atoms with Crippen molar-refractivity contribution in [1.82, 2.24) is 0 Å². The SMILES string of the molecule is CS(=O)(=O)CCS(=O)(=O)CC(O)(C=Cc1ccc(Cl)c(Cl)c1)C(F)(F)F. The van der Waals surface area contributed by atoms with Gasteiger partial charge in [-0.3, -0.25) is 0 Å². The first kappa shape index (κ1) is 23.2. The van der Waals surface area contributed by atoms with E-state index < -0.39 is 48.7 Å². The second-order valence-corrected chi connectivity index (χ2v) is 10.9. The maximum absolute atomic E-state index is 13.2. The largest absolute Gasteiger partial charge is 0.421 e. The van der Waals surface area contributed by atoms with Gasteiger partial charge in [-0.25, -0.2) is 16.8 Å². The van der Waals surface area contributed by atoms with Gasteiger partial charge in [-0.15, -0.1) is 0 Å². The van der Waals surface area contributed by atoms with Crippen LogP contribution in [0.25, 0.3) is 6.08 Å². The molecule has 1 aromatic carbocycles. The first-order valence-corrected chi connectivity index (χ1v) is 11.5. The molecule has 1 unspecified atom stereocenters. The van der Waals surface area contributed by atoms with Gasteiger partial charge >= 0.3 is 6.18 Å². The fourth-order valence-corrected chi connectivity index (χ4v) is 5.37. The molecule has 0 fully saturated rings. The molecule has 0 heterocycles. The number of benzene rings is 1. The highest BCUT2D eigenvalue weighted by Crippen LogP contribution is 2.34. The molecule has 0 radical (unpaired) electrons. The van der Waals surface area contributed by atoms with Crippen molar-refractivity contribution >= 4 is 49.0 Å². The van der Waals surface area contributed by atoms with Crippen LogP contribution in [0.15, 0.2) is 24.3 Å². The van der Waals surface area contributed by atoms with Crippen molar-refractivity contribution in [3.63, 3.8) is 0 Å². The number of hydrogen-bond acceptors (Lipinski definition) is 5. The van der Waals surface area contributed by atoms with E-state index in [-0.39, 0.29) is 21.7 Å². The third kappa shape index (κ3) is 7.07. The van der Waals surface area contributed by atoms with Gasteiger partial charge in [0.1, 0.15) is 9.84 Å². The lowest BCUT2D eigenvalue weighted by Gasteiger charge is -2.27. The van der Waals surface area contributed by atoms with Gasteiger partial charge < -0.3 is 5.11 Å². The van der Waals surface area contributed by atoms with E-state index in [4.69, 9.17) is 23.2 Å². The number of hydrogen-bond donors (Lipinski definition) is 1. The van der Waals surface area contributed by atoms with Gasteiger partial charge in [-0.2, -0.15) is 13.2 Å². The van der Waals surface area contributed by atoms with Gasteiger partial charge in [0.15, 0.2) is 15.4 Å². The summed E-state index contributed by atoms with van der Waals surface area (Å²) in [6, 6.07) is 3.87. The molecule has 1 N–H and O–H groups in total. The second-order valence-electron chi connectivity index (χ2n) is 5.65. The van der Waals surface area contributed by atoms with Crippen LogP contribution in [-0.2, 0) is 19.7 Å². The molecule has 0 saturated carbocycles. The average molecular weight is 455 g/mol. The molecular weight excluding hydrogens is 440 g/mol. The van der Waals surface area contributed by atoms with E-state index >= 15 is 0 Å². The van der Waals surface area contributed by atoms with Gasteiger partial charge in [0.05, 0.1) is 27.3 Å². The number of halogens is 5. The third-order valence-electron chi connectivity index (χ3n) is 3.19. The molecule has 0 spiro atoms.